The van der Waals surface area contributed by atoms with Crippen LogP contribution in [0.5, 0.6) is 11.5 Å². The normalized spacial score (nSPS) is 19.7. The monoisotopic (exact) mass is 332 g/mol. The third kappa shape index (κ3) is 3.32. The second-order valence-electron chi connectivity index (χ2n) is 6.26. The van der Waals surface area contributed by atoms with Crippen LogP contribution in [0.1, 0.15) is 33.1 Å². The van der Waals surface area contributed by atoms with Gasteiger partial charge in [0.05, 0.1) is 5.92 Å². The molecule has 2 heterocycles. The highest BCUT2D eigenvalue weighted by molar-refractivity contribution is 6.00. The second kappa shape index (κ2) is 7.11. The van der Waals surface area contributed by atoms with Crippen molar-refractivity contribution in [2.24, 2.45) is 5.92 Å². The van der Waals surface area contributed by atoms with Crippen molar-refractivity contribution in [3.63, 3.8) is 0 Å². The van der Waals surface area contributed by atoms with Crippen molar-refractivity contribution in [3.8, 4) is 11.5 Å². The van der Waals surface area contributed by atoms with Crippen LogP contribution in [-0.4, -0.2) is 37.6 Å². The number of nitrogens with one attached hydrogen (secondary N) is 1. The minimum absolute atomic E-state index is 0.0305. The van der Waals surface area contributed by atoms with Gasteiger partial charge in [-0.2, -0.15) is 0 Å². The lowest BCUT2D eigenvalue weighted by atomic mass is 10.1. The molecule has 0 unspecified atom stereocenters. The number of rotatable bonds is 5. The number of fused-ring (bicyclic) bond motifs is 1. The van der Waals surface area contributed by atoms with Crippen LogP contribution in [0.15, 0.2) is 18.2 Å². The summed E-state index contributed by atoms with van der Waals surface area (Å²) in [4.78, 5) is 26.4. The van der Waals surface area contributed by atoms with Gasteiger partial charge in [0.25, 0.3) is 0 Å². The van der Waals surface area contributed by atoms with E-state index in [1.54, 1.807) is 4.90 Å². The summed E-state index contributed by atoms with van der Waals surface area (Å²) in [6.07, 6.45) is 2.05. The molecule has 2 amide bonds. The molecule has 0 aromatic heterocycles. The molecule has 1 N–H and O–H groups in total. The molecule has 1 saturated heterocycles. The lowest BCUT2D eigenvalue weighted by Crippen LogP contribution is -2.39. The fraction of sp³-hybridized carbons (Fsp3) is 0.556. The number of carbonyl (C=O) groups excluding carboxylic acids is 2. The largest absolute Gasteiger partial charge is 0.486 e. The van der Waals surface area contributed by atoms with E-state index in [2.05, 4.69) is 19.2 Å². The zero-order chi connectivity index (χ0) is 17.1. The van der Waals surface area contributed by atoms with E-state index in [-0.39, 0.29) is 30.2 Å². The Labute approximate surface area is 142 Å². The van der Waals surface area contributed by atoms with Gasteiger partial charge in [-0.15, -0.1) is 0 Å². The van der Waals surface area contributed by atoms with Gasteiger partial charge in [-0.25, -0.2) is 0 Å². The second-order valence-corrected chi connectivity index (χ2v) is 6.26. The summed E-state index contributed by atoms with van der Waals surface area (Å²) in [7, 11) is 0. The molecule has 0 aliphatic carbocycles. The Morgan fingerprint density at radius 2 is 1.96 bits per heavy atom. The van der Waals surface area contributed by atoms with Gasteiger partial charge < -0.3 is 19.7 Å². The van der Waals surface area contributed by atoms with E-state index in [0.29, 0.717) is 31.3 Å². The molecule has 1 aromatic rings. The van der Waals surface area contributed by atoms with Gasteiger partial charge in [0, 0.05) is 30.8 Å². The van der Waals surface area contributed by atoms with Crippen LogP contribution >= 0.6 is 0 Å². The van der Waals surface area contributed by atoms with Crippen molar-refractivity contribution in [2.45, 2.75) is 39.2 Å². The maximum Gasteiger partial charge on any atom is 0.227 e. The van der Waals surface area contributed by atoms with Crippen molar-refractivity contribution in [1.82, 2.24) is 5.32 Å². The molecule has 1 fully saturated rings. The molecule has 0 spiro atoms. The molecule has 130 valence electrons. The van der Waals surface area contributed by atoms with E-state index in [0.717, 1.165) is 18.5 Å². The fourth-order valence-electron chi connectivity index (χ4n) is 3.14. The van der Waals surface area contributed by atoms with Gasteiger partial charge in [0.1, 0.15) is 13.2 Å². The fourth-order valence-corrected chi connectivity index (χ4v) is 3.14. The number of nitrogens with zero attached hydrogens (tertiary/aromatic N) is 1. The molecule has 0 bridgehead atoms. The number of hydrogen-bond donors (Lipinski definition) is 1. The maximum absolute atomic E-state index is 12.4. The first kappa shape index (κ1) is 16.6. The number of benzene rings is 1. The van der Waals surface area contributed by atoms with Crippen LogP contribution < -0.4 is 19.7 Å². The molecule has 3 rings (SSSR count). The van der Waals surface area contributed by atoms with Gasteiger partial charge in [-0.1, -0.05) is 13.8 Å². The number of carbonyl (C=O) groups is 2. The molecular weight excluding hydrogens is 308 g/mol. The molecule has 0 saturated carbocycles. The third-order valence-corrected chi connectivity index (χ3v) is 4.67. The molecule has 1 atom stereocenters. The average molecular weight is 332 g/mol. The summed E-state index contributed by atoms with van der Waals surface area (Å²) in [6, 6.07) is 5.64. The Kier molecular flexibility index (Phi) is 4.92. The van der Waals surface area contributed by atoms with Gasteiger partial charge >= 0.3 is 0 Å². The van der Waals surface area contributed by atoms with E-state index >= 15 is 0 Å². The first-order valence-corrected chi connectivity index (χ1v) is 8.62. The van der Waals surface area contributed by atoms with Crippen LogP contribution in [-0.2, 0) is 9.59 Å². The van der Waals surface area contributed by atoms with Crippen molar-refractivity contribution in [1.29, 1.82) is 0 Å². The average Bonchev–Trinajstić information content (AvgIpc) is 3.01. The molecule has 6 heteroatoms. The quantitative estimate of drug-likeness (QED) is 0.897. The lowest BCUT2D eigenvalue weighted by Gasteiger charge is -2.22. The SMILES string of the molecule is CCC(CC)NC(=O)[C@@H]1CC(=O)N(c2ccc3c(c2)OCCO3)C1. The highest BCUT2D eigenvalue weighted by atomic mass is 16.6. The minimum Gasteiger partial charge on any atom is -0.486 e. The Balaban J connectivity index is 1.70. The summed E-state index contributed by atoms with van der Waals surface area (Å²) in [6.45, 7) is 5.55. The Hall–Kier alpha value is -2.24. The lowest BCUT2D eigenvalue weighted by molar-refractivity contribution is -0.127. The van der Waals surface area contributed by atoms with Gasteiger partial charge in [-0.3, -0.25) is 9.59 Å². The van der Waals surface area contributed by atoms with E-state index in [1.807, 2.05) is 18.2 Å². The molecule has 2 aliphatic rings. The van der Waals surface area contributed by atoms with Gasteiger partial charge in [-0.05, 0) is 25.0 Å². The first-order chi connectivity index (χ1) is 11.6. The van der Waals surface area contributed by atoms with Crippen molar-refractivity contribution >= 4 is 17.5 Å². The zero-order valence-electron chi connectivity index (χ0n) is 14.2. The Morgan fingerprint density at radius 1 is 1.25 bits per heavy atom. The molecule has 6 nitrogen and oxygen atoms in total. The number of anilines is 1. The summed E-state index contributed by atoms with van der Waals surface area (Å²) in [5, 5.41) is 3.04. The minimum atomic E-state index is -0.300. The van der Waals surface area contributed by atoms with Gasteiger partial charge in [0.2, 0.25) is 11.8 Å². The van der Waals surface area contributed by atoms with Crippen LogP contribution in [0.2, 0.25) is 0 Å². The van der Waals surface area contributed by atoms with Crippen molar-refractivity contribution < 1.29 is 19.1 Å². The van der Waals surface area contributed by atoms with Crippen molar-refractivity contribution in [3.05, 3.63) is 18.2 Å². The highest BCUT2D eigenvalue weighted by Crippen LogP contribution is 2.36. The van der Waals surface area contributed by atoms with Crippen LogP contribution in [0, 0.1) is 5.92 Å². The number of hydrogen-bond acceptors (Lipinski definition) is 4. The van der Waals surface area contributed by atoms with Crippen LogP contribution in [0.4, 0.5) is 5.69 Å². The summed E-state index contributed by atoms with van der Waals surface area (Å²) in [5.41, 5.74) is 0.752. The Bertz CT molecular complexity index is 627. The summed E-state index contributed by atoms with van der Waals surface area (Å²) in [5.74, 6) is 0.982. The highest BCUT2D eigenvalue weighted by Gasteiger charge is 2.36. The van der Waals surface area contributed by atoms with Crippen LogP contribution in [0.25, 0.3) is 0 Å². The van der Waals surface area contributed by atoms with Crippen LogP contribution in [0.3, 0.4) is 0 Å². The molecule has 2 aliphatic heterocycles. The zero-order valence-corrected chi connectivity index (χ0v) is 14.2. The Morgan fingerprint density at radius 3 is 2.67 bits per heavy atom. The predicted molar refractivity (Wildman–Crippen MR) is 90.4 cm³/mol. The summed E-state index contributed by atoms with van der Waals surface area (Å²) < 4.78 is 11.1. The van der Waals surface area contributed by atoms with E-state index < -0.39 is 0 Å². The number of amides is 2. The van der Waals surface area contributed by atoms with E-state index in [1.165, 1.54) is 0 Å². The molecule has 1 aromatic carbocycles. The molecule has 24 heavy (non-hydrogen) atoms. The standard InChI is InChI=1S/C18H24N2O4/c1-3-13(4-2)19-18(22)12-9-17(21)20(11-12)14-5-6-15-16(10-14)24-8-7-23-15/h5-6,10,12-13H,3-4,7-9,11H2,1-2H3,(H,19,22)/t12-/m1/s1. The maximum atomic E-state index is 12.4. The smallest absolute Gasteiger partial charge is 0.227 e. The first-order valence-electron chi connectivity index (χ1n) is 8.62. The molecular formula is C18H24N2O4. The number of ether oxygens (including phenoxy) is 2. The third-order valence-electron chi connectivity index (χ3n) is 4.67. The topological polar surface area (TPSA) is 67.9 Å². The van der Waals surface area contributed by atoms with Gasteiger partial charge in [0.15, 0.2) is 11.5 Å². The molecule has 0 radical (unpaired) electrons. The summed E-state index contributed by atoms with van der Waals surface area (Å²) >= 11 is 0. The van der Waals surface area contributed by atoms with E-state index in [4.69, 9.17) is 9.47 Å². The predicted octanol–water partition coefficient (Wildman–Crippen LogP) is 2.12. The van der Waals surface area contributed by atoms with E-state index in [9.17, 15) is 9.59 Å². The van der Waals surface area contributed by atoms with Crippen molar-refractivity contribution in [2.75, 3.05) is 24.7 Å².